The highest BCUT2D eigenvalue weighted by Crippen LogP contribution is 2.20. The Morgan fingerprint density at radius 2 is 1.84 bits per heavy atom. The van der Waals surface area contributed by atoms with Gasteiger partial charge < -0.3 is 15.2 Å². The van der Waals surface area contributed by atoms with E-state index in [0.29, 0.717) is 23.8 Å². The zero-order valence-corrected chi connectivity index (χ0v) is 14.5. The quantitative estimate of drug-likeness (QED) is 0.732. The standard InChI is InChI=1S/C19H20N4O2/c1-4-17-22-18(23-25-17)14-8-10-15(11-9-14)20-19(24)21-16-7-5-6-12(2)13(16)3/h5-11H,4H2,1-3H3,(H2,20,21,24). The van der Waals surface area contributed by atoms with Crippen LogP contribution in [-0.2, 0) is 6.42 Å². The van der Waals surface area contributed by atoms with E-state index in [-0.39, 0.29) is 6.03 Å². The van der Waals surface area contributed by atoms with Crippen LogP contribution in [0.1, 0.15) is 23.9 Å². The molecule has 0 aliphatic carbocycles. The fraction of sp³-hybridized carbons (Fsp3) is 0.211. The summed E-state index contributed by atoms with van der Waals surface area (Å²) in [4.78, 5) is 16.5. The number of hydrogen-bond donors (Lipinski definition) is 2. The number of rotatable bonds is 4. The second-order valence-electron chi connectivity index (χ2n) is 5.77. The number of anilines is 2. The number of urea groups is 1. The Bertz CT molecular complexity index is 885. The molecule has 0 radical (unpaired) electrons. The van der Waals surface area contributed by atoms with E-state index in [4.69, 9.17) is 4.52 Å². The predicted molar refractivity (Wildman–Crippen MR) is 97.7 cm³/mol. The van der Waals surface area contributed by atoms with E-state index in [1.807, 2.05) is 51.1 Å². The highest BCUT2D eigenvalue weighted by molar-refractivity contribution is 6.00. The molecule has 0 unspecified atom stereocenters. The van der Waals surface area contributed by atoms with Crippen molar-refractivity contribution in [2.24, 2.45) is 0 Å². The summed E-state index contributed by atoms with van der Waals surface area (Å²) in [5.41, 5.74) is 4.51. The molecule has 2 aromatic carbocycles. The topological polar surface area (TPSA) is 80.0 Å². The molecule has 3 rings (SSSR count). The van der Waals surface area contributed by atoms with Gasteiger partial charge in [0.1, 0.15) is 0 Å². The van der Waals surface area contributed by atoms with Gasteiger partial charge in [0, 0.05) is 23.4 Å². The van der Waals surface area contributed by atoms with Crippen molar-refractivity contribution in [1.29, 1.82) is 0 Å². The molecule has 1 aromatic heterocycles. The van der Waals surface area contributed by atoms with Gasteiger partial charge in [-0.25, -0.2) is 4.79 Å². The van der Waals surface area contributed by atoms with Gasteiger partial charge in [0.05, 0.1) is 0 Å². The molecule has 2 amide bonds. The minimum absolute atomic E-state index is 0.283. The number of aryl methyl sites for hydroxylation is 2. The Balaban J connectivity index is 1.66. The summed E-state index contributed by atoms with van der Waals surface area (Å²) in [7, 11) is 0. The van der Waals surface area contributed by atoms with E-state index >= 15 is 0 Å². The summed E-state index contributed by atoms with van der Waals surface area (Å²) in [6.45, 7) is 5.95. The zero-order valence-electron chi connectivity index (χ0n) is 14.5. The van der Waals surface area contributed by atoms with Crippen molar-refractivity contribution in [3.63, 3.8) is 0 Å². The third-order valence-electron chi connectivity index (χ3n) is 4.02. The van der Waals surface area contributed by atoms with Crippen molar-refractivity contribution in [2.45, 2.75) is 27.2 Å². The molecule has 6 nitrogen and oxygen atoms in total. The van der Waals surface area contributed by atoms with E-state index in [9.17, 15) is 4.79 Å². The molecule has 6 heteroatoms. The Labute approximate surface area is 146 Å². The summed E-state index contributed by atoms with van der Waals surface area (Å²) in [5.74, 6) is 1.15. The average molecular weight is 336 g/mol. The van der Waals surface area contributed by atoms with Gasteiger partial charge in [-0.3, -0.25) is 0 Å². The maximum atomic E-state index is 12.2. The molecular weight excluding hydrogens is 316 g/mol. The maximum Gasteiger partial charge on any atom is 0.323 e. The lowest BCUT2D eigenvalue weighted by Gasteiger charge is -2.11. The van der Waals surface area contributed by atoms with Crippen LogP contribution in [0.4, 0.5) is 16.2 Å². The molecule has 0 saturated heterocycles. The van der Waals surface area contributed by atoms with Crippen LogP contribution in [0, 0.1) is 13.8 Å². The van der Waals surface area contributed by atoms with Gasteiger partial charge in [-0.15, -0.1) is 0 Å². The highest BCUT2D eigenvalue weighted by Gasteiger charge is 2.09. The second-order valence-corrected chi connectivity index (χ2v) is 5.77. The monoisotopic (exact) mass is 336 g/mol. The van der Waals surface area contributed by atoms with Crippen LogP contribution in [0.15, 0.2) is 47.0 Å². The van der Waals surface area contributed by atoms with Gasteiger partial charge in [0.15, 0.2) is 0 Å². The van der Waals surface area contributed by atoms with Gasteiger partial charge in [-0.05, 0) is 55.3 Å². The van der Waals surface area contributed by atoms with Crippen molar-refractivity contribution in [2.75, 3.05) is 10.6 Å². The SMILES string of the molecule is CCc1nc(-c2ccc(NC(=O)Nc3cccc(C)c3C)cc2)no1. The molecule has 0 fully saturated rings. The van der Waals surface area contributed by atoms with Gasteiger partial charge in [-0.2, -0.15) is 4.98 Å². The van der Waals surface area contributed by atoms with Crippen LogP contribution < -0.4 is 10.6 Å². The second kappa shape index (κ2) is 7.17. The summed E-state index contributed by atoms with van der Waals surface area (Å²) in [6.07, 6.45) is 0.700. The third kappa shape index (κ3) is 3.85. The lowest BCUT2D eigenvalue weighted by atomic mass is 10.1. The van der Waals surface area contributed by atoms with Crippen molar-refractivity contribution in [1.82, 2.24) is 10.1 Å². The number of benzene rings is 2. The van der Waals surface area contributed by atoms with Crippen LogP contribution in [0.25, 0.3) is 11.4 Å². The van der Waals surface area contributed by atoms with Gasteiger partial charge >= 0.3 is 6.03 Å². The molecule has 2 N–H and O–H groups in total. The zero-order chi connectivity index (χ0) is 17.8. The molecule has 0 spiro atoms. The van der Waals surface area contributed by atoms with Crippen LogP contribution in [-0.4, -0.2) is 16.2 Å². The highest BCUT2D eigenvalue weighted by atomic mass is 16.5. The van der Waals surface area contributed by atoms with Crippen molar-refractivity contribution >= 4 is 17.4 Å². The molecule has 128 valence electrons. The van der Waals surface area contributed by atoms with Crippen molar-refractivity contribution in [3.8, 4) is 11.4 Å². The molecule has 0 bridgehead atoms. The smallest absolute Gasteiger partial charge is 0.323 e. The minimum Gasteiger partial charge on any atom is -0.339 e. The van der Waals surface area contributed by atoms with Crippen LogP contribution in [0.2, 0.25) is 0 Å². The summed E-state index contributed by atoms with van der Waals surface area (Å²) < 4.78 is 5.11. The molecular formula is C19H20N4O2. The third-order valence-corrected chi connectivity index (χ3v) is 4.02. The summed E-state index contributed by atoms with van der Waals surface area (Å²) >= 11 is 0. The fourth-order valence-electron chi connectivity index (χ4n) is 2.39. The van der Waals surface area contributed by atoms with E-state index < -0.39 is 0 Å². The lowest BCUT2D eigenvalue weighted by molar-refractivity contribution is 0.262. The van der Waals surface area contributed by atoms with Crippen molar-refractivity contribution in [3.05, 3.63) is 59.5 Å². The summed E-state index contributed by atoms with van der Waals surface area (Å²) in [6, 6.07) is 12.8. The summed E-state index contributed by atoms with van der Waals surface area (Å²) in [5, 5.41) is 9.62. The van der Waals surface area contributed by atoms with Gasteiger partial charge in [0.25, 0.3) is 0 Å². The Kier molecular flexibility index (Phi) is 4.79. The number of nitrogens with zero attached hydrogens (tertiary/aromatic N) is 2. The van der Waals surface area contributed by atoms with Gasteiger partial charge in [-0.1, -0.05) is 24.2 Å². The normalized spacial score (nSPS) is 10.5. The molecule has 0 saturated carbocycles. The number of carbonyl (C=O) groups is 1. The van der Waals surface area contributed by atoms with E-state index in [1.54, 1.807) is 12.1 Å². The van der Waals surface area contributed by atoms with Crippen LogP contribution >= 0.6 is 0 Å². The Morgan fingerprint density at radius 1 is 1.08 bits per heavy atom. The molecule has 1 heterocycles. The first-order chi connectivity index (χ1) is 12.1. The molecule has 0 aliphatic rings. The predicted octanol–water partition coefficient (Wildman–Crippen LogP) is 4.56. The van der Waals surface area contributed by atoms with Crippen LogP contribution in [0.5, 0.6) is 0 Å². The molecule has 3 aromatic rings. The maximum absolute atomic E-state index is 12.2. The first kappa shape index (κ1) is 16.7. The van der Waals surface area contributed by atoms with E-state index in [2.05, 4.69) is 20.8 Å². The van der Waals surface area contributed by atoms with Crippen LogP contribution in [0.3, 0.4) is 0 Å². The first-order valence-electron chi connectivity index (χ1n) is 8.14. The lowest BCUT2D eigenvalue weighted by Crippen LogP contribution is -2.20. The molecule has 0 aliphatic heterocycles. The number of aromatic nitrogens is 2. The number of hydrogen-bond acceptors (Lipinski definition) is 4. The number of carbonyl (C=O) groups excluding carboxylic acids is 1. The first-order valence-corrected chi connectivity index (χ1v) is 8.14. The minimum atomic E-state index is -0.283. The van der Waals surface area contributed by atoms with E-state index in [1.165, 1.54) is 0 Å². The largest absolute Gasteiger partial charge is 0.339 e. The van der Waals surface area contributed by atoms with E-state index in [0.717, 1.165) is 22.4 Å². The van der Waals surface area contributed by atoms with Gasteiger partial charge in [0.2, 0.25) is 11.7 Å². The fourth-order valence-corrected chi connectivity index (χ4v) is 2.39. The Morgan fingerprint density at radius 3 is 2.52 bits per heavy atom. The Hall–Kier alpha value is -3.15. The number of nitrogens with one attached hydrogen (secondary N) is 2. The molecule has 25 heavy (non-hydrogen) atoms. The van der Waals surface area contributed by atoms with Crippen molar-refractivity contribution < 1.29 is 9.32 Å². The average Bonchev–Trinajstić information content (AvgIpc) is 3.09. The molecule has 0 atom stereocenters. The number of amides is 2.